The van der Waals surface area contributed by atoms with Crippen molar-refractivity contribution in [1.82, 2.24) is 0 Å². The molecule has 1 aromatic carbocycles. The lowest BCUT2D eigenvalue weighted by molar-refractivity contribution is -0.150. The van der Waals surface area contributed by atoms with Crippen molar-refractivity contribution in [2.45, 2.75) is 19.6 Å². The van der Waals surface area contributed by atoms with Crippen molar-refractivity contribution in [2.75, 3.05) is 20.3 Å². The van der Waals surface area contributed by atoms with Gasteiger partial charge in [0.05, 0.1) is 24.8 Å². The fourth-order valence-corrected chi connectivity index (χ4v) is 2.12. The second-order valence-corrected chi connectivity index (χ2v) is 3.94. The van der Waals surface area contributed by atoms with E-state index >= 15 is 0 Å². The van der Waals surface area contributed by atoms with Gasteiger partial charge in [0.1, 0.15) is 11.5 Å². The van der Waals surface area contributed by atoms with Gasteiger partial charge in [0.15, 0.2) is 12.6 Å². The van der Waals surface area contributed by atoms with Crippen LogP contribution in [0.4, 0.5) is 0 Å². The molecule has 1 heterocycles. The molecular formula is C13H16O5. The molecular weight excluding hydrogens is 236 g/mol. The van der Waals surface area contributed by atoms with E-state index in [1.165, 1.54) is 7.11 Å². The maximum atomic E-state index is 11.0. The van der Waals surface area contributed by atoms with Crippen molar-refractivity contribution < 1.29 is 24.1 Å². The summed E-state index contributed by atoms with van der Waals surface area (Å²) in [7, 11) is 1.47. The van der Waals surface area contributed by atoms with Gasteiger partial charge in [0.2, 0.25) is 0 Å². The summed E-state index contributed by atoms with van der Waals surface area (Å²) in [5.74, 6) is 0.260. The van der Waals surface area contributed by atoms with E-state index < -0.39 is 6.29 Å². The van der Waals surface area contributed by atoms with Gasteiger partial charge in [-0.25, -0.2) is 0 Å². The van der Waals surface area contributed by atoms with Gasteiger partial charge in [-0.15, -0.1) is 0 Å². The van der Waals surface area contributed by atoms with Crippen molar-refractivity contribution in [3.63, 3.8) is 0 Å². The Hall–Kier alpha value is -1.59. The number of carbonyl (C=O) groups is 1. The zero-order chi connectivity index (χ0) is 13.1. The van der Waals surface area contributed by atoms with E-state index in [1.807, 2.05) is 6.92 Å². The van der Waals surface area contributed by atoms with E-state index in [9.17, 15) is 9.90 Å². The zero-order valence-electron chi connectivity index (χ0n) is 10.4. The molecule has 18 heavy (non-hydrogen) atoms. The standard InChI is InChI=1S/C13H16O5/c1-3-17-13-11-8(4-5-18-13)6-10(16-2)9(7-14)12(11)15/h6-7,13,15H,3-5H2,1-2H3. The van der Waals surface area contributed by atoms with Gasteiger partial charge in [-0.1, -0.05) is 0 Å². The van der Waals surface area contributed by atoms with E-state index in [-0.39, 0.29) is 11.3 Å². The summed E-state index contributed by atoms with van der Waals surface area (Å²) in [6.07, 6.45) is 0.608. The summed E-state index contributed by atoms with van der Waals surface area (Å²) in [6.45, 7) is 2.82. The number of phenolic OH excluding ortho intramolecular Hbond substituents is 1. The number of phenols is 1. The lowest BCUT2D eigenvalue weighted by Gasteiger charge is -2.27. The molecule has 1 atom stereocenters. The maximum absolute atomic E-state index is 11.0. The summed E-state index contributed by atoms with van der Waals surface area (Å²) in [4.78, 5) is 11.0. The Morgan fingerprint density at radius 1 is 1.61 bits per heavy atom. The molecule has 0 amide bonds. The number of rotatable bonds is 4. The van der Waals surface area contributed by atoms with Gasteiger partial charge < -0.3 is 19.3 Å². The fraction of sp³-hybridized carbons (Fsp3) is 0.462. The molecule has 1 N–H and O–H groups in total. The smallest absolute Gasteiger partial charge is 0.187 e. The Bertz CT molecular complexity index is 455. The topological polar surface area (TPSA) is 65.0 Å². The fourth-order valence-electron chi connectivity index (χ4n) is 2.12. The number of aromatic hydroxyl groups is 1. The lowest BCUT2D eigenvalue weighted by atomic mass is 9.97. The van der Waals surface area contributed by atoms with Crippen molar-refractivity contribution in [3.05, 3.63) is 22.8 Å². The second-order valence-electron chi connectivity index (χ2n) is 3.94. The Kier molecular flexibility index (Phi) is 3.84. The molecule has 1 aliphatic rings. The number of hydrogen-bond acceptors (Lipinski definition) is 5. The Morgan fingerprint density at radius 2 is 2.39 bits per heavy atom. The Morgan fingerprint density at radius 3 is 3.00 bits per heavy atom. The van der Waals surface area contributed by atoms with Crippen LogP contribution in [0.3, 0.4) is 0 Å². The number of ether oxygens (including phenoxy) is 3. The van der Waals surface area contributed by atoms with E-state index in [4.69, 9.17) is 14.2 Å². The maximum Gasteiger partial charge on any atom is 0.187 e. The molecule has 5 heteroatoms. The molecule has 0 radical (unpaired) electrons. The highest BCUT2D eigenvalue weighted by atomic mass is 16.7. The van der Waals surface area contributed by atoms with Crippen LogP contribution in [0.2, 0.25) is 0 Å². The largest absolute Gasteiger partial charge is 0.507 e. The number of aldehydes is 1. The first-order valence-corrected chi connectivity index (χ1v) is 5.84. The van der Waals surface area contributed by atoms with Crippen LogP contribution in [0.15, 0.2) is 6.07 Å². The van der Waals surface area contributed by atoms with Crippen LogP contribution in [-0.2, 0) is 15.9 Å². The molecule has 2 rings (SSSR count). The molecule has 0 saturated carbocycles. The van der Waals surface area contributed by atoms with Crippen LogP contribution >= 0.6 is 0 Å². The first-order valence-electron chi connectivity index (χ1n) is 5.84. The van der Waals surface area contributed by atoms with Gasteiger partial charge >= 0.3 is 0 Å². The van der Waals surface area contributed by atoms with Crippen molar-refractivity contribution in [3.8, 4) is 11.5 Å². The van der Waals surface area contributed by atoms with Crippen molar-refractivity contribution in [1.29, 1.82) is 0 Å². The Labute approximate surface area is 105 Å². The highest BCUT2D eigenvalue weighted by Gasteiger charge is 2.28. The van der Waals surface area contributed by atoms with E-state index in [1.54, 1.807) is 6.07 Å². The van der Waals surface area contributed by atoms with E-state index in [2.05, 4.69) is 0 Å². The molecule has 1 aromatic rings. The predicted molar refractivity (Wildman–Crippen MR) is 64.1 cm³/mol. The SMILES string of the molecule is CCOC1OCCc2cc(OC)c(C=O)c(O)c21. The quantitative estimate of drug-likeness (QED) is 0.828. The predicted octanol–water partition coefficient (Wildman–Crippen LogP) is 1.82. The van der Waals surface area contributed by atoms with Crippen LogP contribution < -0.4 is 4.74 Å². The first kappa shape index (κ1) is 12.9. The number of benzene rings is 1. The summed E-state index contributed by atoms with van der Waals surface area (Å²) in [6, 6.07) is 1.76. The lowest BCUT2D eigenvalue weighted by Crippen LogP contribution is -2.19. The third-order valence-corrected chi connectivity index (χ3v) is 2.96. The molecule has 98 valence electrons. The van der Waals surface area contributed by atoms with Crippen molar-refractivity contribution >= 4 is 6.29 Å². The molecule has 1 aliphatic heterocycles. The summed E-state index contributed by atoms with van der Waals surface area (Å²) >= 11 is 0. The highest BCUT2D eigenvalue weighted by molar-refractivity contribution is 5.85. The number of carbonyl (C=O) groups excluding carboxylic acids is 1. The molecule has 0 aliphatic carbocycles. The highest BCUT2D eigenvalue weighted by Crippen LogP contribution is 2.40. The normalized spacial score (nSPS) is 18.2. The van der Waals surface area contributed by atoms with Crippen LogP contribution in [0.25, 0.3) is 0 Å². The molecule has 0 fully saturated rings. The van der Waals surface area contributed by atoms with E-state index in [0.29, 0.717) is 37.2 Å². The average Bonchev–Trinajstić information content (AvgIpc) is 2.38. The minimum atomic E-state index is -0.622. The summed E-state index contributed by atoms with van der Waals surface area (Å²) in [5.41, 5.74) is 1.55. The summed E-state index contributed by atoms with van der Waals surface area (Å²) < 4.78 is 16.0. The van der Waals surface area contributed by atoms with Crippen LogP contribution in [0.5, 0.6) is 11.5 Å². The summed E-state index contributed by atoms with van der Waals surface area (Å²) in [5, 5.41) is 10.2. The van der Waals surface area contributed by atoms with Crippen LogP contribution in [0.1, 0.15) is 34.7 Å². The third kappa shape index (κ3) is 2.07. The molecule has 0 aromatic heterocycles. The number of hydrogen-bond donors (Lipinski definition) is 1. The van der Waals surface area contributed by atoms with Gasteiger partial charge in [0.25, 0.3) is 0 Å². The molecule has 0 spiro atoms. The van der Waals surface area contributed by atoms with Crippen LogP contribution in [-0.4, -0.2) is 31.7 Å². The average molecular weight is 252 g/mol. The van der Waals surface area contributed by atoms with Gasteiger partial charge in [-0.3, -0.25) is 4.79 Å². The van der Waals surface area contributed by atoms with Gasteiger partial charge in [-0.05, 0) is 25.0 Å². The third-order valence-electron chi connectivity index (χ3n) is 2.96. The van der Waals surface area contributed by atoms with E-state index in [0.717, 1.165) is 5.56 Å². The minimum absolute atomic E-state index is 0.113. The molecule has 5 nitrogen and oxygen atoms in total. The number of fused-ring (bicyclic) bond motifs is 1. The van der Waals surface area contributed by atoms with Crippen molar-refractivity contribution in [2.24, 2.45) is 0 Å². The minimum Gasteiger partial charge on any atom is -0.507 e. The molecule has 0 bridgehead atoms. The number of methoxy groups -OCH3 is 1. The molecule has 1 unspecified atom stereocenters. The second kappa shape index (κ2) is 5.37. The van der Waals surface area contributed by atoms with Gasteiger partial charge in [-0.2, -0.15) is 0 Å². The van der Waals surface area contributed by atoms with Crippen LogP contribution in [0, 0.1) is 0 Å². The van der Waals surface area contributed by atoms with Gasteiger partial charge in [0, 0.05) is 6.61 Å². The Balaban J connectivity index is 2.56. The zero-order valence-corrected chi connectivity index (χ0v) is 10.4. The first-order chi connectivity index (χ1) is 8.72. The molecule has 0 saturated heterocycles. The monoisotopic (exact) mass is 252 g/mol.